The molecular weight excluding hydrogens is 468 g/mol. The van der Waals surface area contributed by atoms with Gasteiger partial charge in [-0.15, -0.1) is 5.73 Å². The molecule has 2 aliphatic rings. The highest BCUT2D eigenvalue weighted by Crippen LogP contribution is 2.35. The minimum absolute atomic E-state index is 0.0624. The standard InChI is InChI=1S/C15H21Br3O3/c1-2-13-11(18)7-12(19)15(21-13)8-14-10(17)6-9(20-14)4-3-5-16/h4-5,9-15,19H,2,6-8H2,1H3. The topological polar surface area (TPSA) is 38.7 Å². The van der Waals surface area contributed by atoms with E-state index in [4.69, 9.17) is 9.47 Å². The lowest BCUT2D eigenvalue weighted by Crippen LogP contribution is -2.46. The number of aliphatic hydroxyl groups is 1. The fraction of sp³-hybridized carbons (Fsp3) is 0.800. The van der Waals surface area contributed by atoms with E-state index in [0.717, 1.165) is 25.7 Å². The van der Waals surface area contributed by atoms with Crippen molar-refractivity contribution in [2.24, 2.45) is 0 Å². The van der Waals surface area contributed by atoms with Crippen molar-refractivity contribution in [3.63, 3.8) is 0 Å². The maximum atomic E-state index is 10.2. The van der Waals surface area contributed by atoms with Crippen LogP contribution in [0.2, 0.25) is 0 Å². The van der Waals surface area contributed by atoms with Crippen LogP contribution in [-0.2, 0) is 9.47 Å². The molecule has 0 amide bonds. The Morgan fingerprint density at radius 1 is 1.14 bits per heavy atom. The van der Waals surface area contributed by atoms with Gasteiger partial charge in [-0.05, 0) is 25.3 Å². The number of aliphatic hydroxyl groups excluding tert-OH is 1. The van der Waals surface area contributed by atoms with Gasteiger partial charge < -0.3 is 14.6 Å². The minimum Gasteiger partial charge on any atom is -0.390 e. The summed E-state index contributed by atoms with van der Waals surface area (Å²) in [7, 11) is 0. The second-order valence-electron chi connectivity index (χ2n) is 5.58. The van der Waals surface area contributed by atoms with Gasteiger partial charge in [-0.25, -0.2) is 0 Å². The summed E-state index contributed by atoms with van der Waals surface area (Å²) < 4.78 is 12.1. The van der Waals surface area contributed by atoms with Gasteiger partial charge >= 0.3 is 0 Å². The summed E-state index contributed by atoms with van der Waals surface area (Å²) in [5.74, 6) is 0. The third-order valence-corrected chi connectivity index (χ3v) is 6.26. The minimum atomic E-state index is -0.433. The molecule has 0 spiro atoms. The first kappa shape index (κ1) is 18.2. The summed E-state index contributed by atoms with van der Waals surface area (Å²) in [5, 5.41) is 10.2. The van der Waals surface area contributed by atoms with Gasteiger partial charge in [-0.2, -0.15) is 0 Å². The van der Waals surface area contributed by atoms with Crippen molar-refractivity contribution in [1.29, 1.82) is 0 Å². The zero-order valence-electron chi connectivity index (χ0n) is 11.9. The quantitative estimate of drug-likeness (QED) is 0.479. The van der Waals surface area contributed by atoms with Gasteiger partial charge in [0.2, 0.25) is 0 Å². The molecule has 2 aliphatic heterocycles. The molecule has 0 radical (unpaired) electrons. The van der Waals surface area contributed by atoms with Gasteiger partial charge in [0.1, 0.15) is 0 Å². The Hall–Kier alpha value is 0.840. The van der Waals surface area contributed by atoms with Gasteiger partial charge in [0.05, 0.1) is 30.5 Å². The van der Waals surface area contributed by atoms with Gasteiger partial charge in [0.25, 0.3) is 0 Å². The number of alkyl halides is 2. The van der Waals surface area contributed by atoms with E-state index in [2.05, 4.69) is 60.4 Å². The lowest BCUT2D eigenvalue weighted by atomic mass is 9.95. The molecule has 120 valence electrons. The van der Waals surface area contributed by atoms with Crippen molar-refractivity contribution in [2.45, 2.75) is 72.8 Å². The zero-order chi connectivity index (χ0) is 15.4. The van der Waals surface area contributed by atoms with Crippen molar-refractivity contribution in [1.82, 2.24) is 0 Å². The van der Waals surface area contributed by atoms with Crippen LogP contribution >= 0.6 is 47.8 Å². The monoisotopic (exact) mass is 486 g/mol. The molecule has 0 bridgehead atoms. The van der Waals surface area contributed by atoms with E-state index in [0.29, 0.717) is 0 Å². The van der Waals surface area contributed by atoms with Crippen molar-refractivity contribution in [3.8, 4) is 0 Å². The van der Waals surface area contributed by atoms with Crippen LogP contribution < -0.4 is 0 Å². The van der Waals surface area contributed by atoms with E-state index in [1.807, 2.05) is 6.08 Å². The normalized spacial score (nSPS) is 43.4. The third-order valence-electron chi connectivity index (χ3n) is 4.07. The molecule has 6 heteroatoms. The summed E-state index contributed by atoms with van der Waals surface area (Å²) in [4.78, 5) is 2.22. The zero-order valence-corrected chi connectivity index (χ0v) is 16.7. The van der Waals surface area contributed by atoms with Crippen LogP contribution in [0.3, 0.4) is 0 Å². The fourth-order valence-corrected chi connectivity index (χ4v) is 4.66. The molecule has 0 aliphatic carbocycles. The first-order valence-electron chi connectivity index (χ1n) is 7.33. The highest BCUT2D eigenvalue weighted by molar-refractivity contribution is 9.11. The van der Waals surface area contributed by atoms with Crippen LogP contribution in [0, 0.1) is 0 Å². The van der Waals surface area contributed by atoms with Crippen LogP contribution in [0.4, 0.5) is 0 Å². The Labute approximate surface area is 151 Å². The molecule has 0 aromatic rings. The van der Waals surface area contributed by atoms with Gasteiger partial charge in [0.15, 0.2) is 0 Å². The Bertz CT molecular complexity index is 398. The first-order chi connectivity index (χ1) is 10.0. The fourth-order valence-electron chi connectivity index (χ4n) is 2.92. The van der Waals surface area contributed by atoms with Crippen molar-refractivity contribution < 1.29 is 14.6 Å². The van der Waals surface area contributed by atoms with E-state index in [1.165, 1.54) is 0 Å². The van der Waals surface area contributed by atoms with Gasteiger partial charge in [-0.3, -0.25) is 0 Å². The molecule has 2 heterocycles. The van der Waals surface area contributed by atoms with E-state index in [1.54, 1.807) is 4.99 Å². The van der Waals surface area contributed by atoms with E-state index >= 15 is 0 Å². The smallest absolute Gasteiger partial charge is 0.0863 e. The molecule has 1 N–H and O–H groups in total. The Morgan fingerprint density at radius 2 is 1.86 bits per heavy atom. The van der Waals surface area contributed by atoms with Crippen LogP contribution in [0.5, 0.6) is 0 Å². The Kier molecular flexibility index (Phi) is 7.47. The number of hydrogen-bond donors (Lipinski definition) is 1. The SMILES string of the molecule is CCC1OC(CC2OC(C=C=CBr)CC2Br)C(O)CC1Br. The predicted molar refractivity (Wildman–Crippen MR) is 94.5 cm³/mol. The molecule has 2 rings (SSSR count). The summed E-state index contributed by atoms with van der Waals surface area (Å²) >= 11 is 10.5. The molecule has 0 aromatic heterocycles. The predicted octanol–water partition coefficient (Wildman–Crippen LogP) is 4.05. The number of rotatable bonds is 4. The third kappa shape index (κ3) is 4.90. The summed E-state index contributed by atoms with van der Waals surface area (Å²) in [6.45, 7) is 2.11. The van der Waals surface area contributed by atoms with E-state index in [-0.39, 0.29) is 34.1 Å². The van der Waals surface area contributed by atoms with Gasteiger partial charge in [0, 0.05) is 21.1 Å². The number of hydrogen-bond acceptors (Lipinski definition) is 3. The molecule has 7 atom stereocenters. The lowest BCUT2D eigenvalue weighted by Gasteiger charge is -2.38. The van der Waals surface area contributed by atoms with Crippen molar-refractivity contribution in [3.05, 3.63) is 16.8 Å². The second kappa shape index (κ2) is 8.62. The second-order valence-corrected chi connectivity index (χ2v) is 8.39. The van der Waals surface area contributed by atoms with Crippen LogP contribution in [0.15, 0.2) is 16.8 Å². The highest BCUT2D eigenvalue weighted by Gasteiger charge is 2.40. The molecule has 21 heavy (non-hydrogen) atoms. The van der Waals surface area contributed by atoms with Crippen LogP contribution in [0.1, 0.15) is 32.6 Å². The first-order valence-corrected chi connectivity index (χ1v) is 10.1. The molecule has 0 aromatic carbocycles. The van der Waals surface area contributed by atoms with Gasteiger partial charge in [-0.1, -0.05) is 54.7 Å². The molecule has 2 saturated heterocycles. The van der Waals surface area contributed by atoms with Crippen molar-refractivity contribution in [2.75, 3.05) is 0 Å². The summed E-state index contributed by atoms with van der Waals surface area (Å²) in [5.41, 5.74) is 3.00. The Morgan fingerprint density at radius 3 is 2.52 bits per heavy atom. The number of halogens is 3. The Balaban J connectivity index is 1.93. The lowest BCUT2D eigenvalue weighted by molar-refractivity contribution is -0.128. The van der Waals surface area contributed by atoms with E-state index in [9.17, 15) is 5.11 Å². The summed E-state index contributed by atoms with van der Waals surface area (Å²) in [6.07, 6.45) is 4.95. The largest absolute Gasteiger partial charge is 0.390 e. The van der Waals surface area contributed by atoms with Crippen molar-refractivity contribution >= 4 is 47.8 Å². The molecule has 7 unspecified atom stereocenters. The summed E-state index contributed by atoms with van der Waals surface area (Å²) in [6, 6.07) is 0. The maximum Gasteiger partial charge on any atom is 0.0863 e. The molecule has 3 nitrogen and oxygen atoms in total. The maximum absolute atomic E-state index is 10.2. The van der Waals surface area contributed by atoms with Crippen LogP contribution in [-0.4, -0.2) is 45.3 Å². The molecule has 2 fully saturated rings. The molecular formula is C15H21Br3O3. The molecule has 0 saturated carbocycles. The average molecular weight is 489 g/mol. The number of ether oxygens (including phenoxy) is 2. The van der Waals surface area contributed by atoms with Crippen LogP contribution in [0.25, 0.3) is 0 Å². The average Bonchev–Trinajstić information content (AvgIpc) is 2.80. The van der Waals surface area contributed by atoms with E-state index < -0.39 is 6.10 Å². The highest BCUT2D eigenvalue weighted by atomic mass is 79.9.